The molecule has 0 unspecified atom stereocenters. The van der Waals surface area contributed by atoms with Gasteiger partial charge in [0, 0.05) is 43.5 Å². The number of carboxylic acids is 1. The molecule has 0 aliphatic heterocycles. The molecular weight excluding hydrogens is 642 g/mol. The van der Waals surface area contributed by atoms with Gasteiger partial charge in [-0.05, 0) is 67.9 Å². The molecule has 14 nitrogen and oxygen atoms in total. The largest absolute Gasteiger partial charge is 0.481 e. The fourth-order valence-electron chi connectivity index (χ4n) is 4.79. The molecule has 266 valence electrons. The van der Waals surface area contributed by atoms with Crippen LogP contribution in [0.2, 0.25) is 0 Å². The van der Waals surface area contributed by atoms with Gasteiger partial charge >= 0.3 is 12.1 Å². The highest BCUT2D eigenvalue weighted by Crippen LogP contribution is 2.21. The molecule has 50 heavy (non-hydrogen) atoms. The summed E-state index contributed by atoms with van der Waals surface area (Å²) in [4.78, 5) is 61.0. The average Bonchev–Trinajstić information content (AvgIpc) is 3.42. The number of unbranched alkanes of at least 4 members (excludes halogenated alkanes) is 3. The number of amidine groups is 1. The number of imidazole rings is 1. The summed E-state index contributed by atoms with van der Waals surface area (Å²) in [5.41, 5.74) is 9.40. The van der Waals surface area contributed by atoms with Crippen molar-refractivity contribution in [3.05, 3.63) is 83.8 Å². The summed E-state index contributed by atoms with van der Waals surface area (Å²) in [5.74, 6) is -0.213. The molecular formula is C36H45N7O7. The number of benzene rings is 2. The van der Waals surface area contributed by atoms with Gasteiger partial charge in [0.25, 0.3) is 11.9 Å². The van der Waals surface area contributed by atoms with E-state index in [-0.39, 0.29) is 37.3 Å². The Kier molecular flexibility index (Phi) is 15.4. The molecule has 4 aromatic rings. The lowest BCUT2D eigenvalue weighted by molar-refractivity contribution is -0.142. The van der Waals surface area contributed by atoms with E-state index < -0.39 is 12.1 Å². The normalized spacial score (nSPS) is 10.9. The summed E-state index contributed by atoms with van der Waals surface area (Å²) in [5, 5.41) is 10.8. The van der Waals surface area contributed by atoms with Crippen LogP contribution >= 0.6 is 0 Å². The van der Waals surface area contributed by atoms with E-state index in [1.54, 1.807) is 55.6 Å². The molecule has 0 saturated heterocycles. The van der Waals surface area contributed by atoms with Gasteiger partial charge in [0.1, 0.15) is 17.5 Å². The molecule has 0 aliphatic carbocycles. The van der Waals surface area contributed by atoms with Gasteiger partial charge in [-0.3, -0.25) is 19.3 Å². The summed E-state index contributed by atoms with van der Waals surface area (Å²) in [6, 6.07) is 17.9. The quantitative estimate of drug-likeness (QED) is 0.0602. The van der Waals surface area contributed by atoms with E-state index in [1.165, 1.54) is 4.90 Å². The van der Waals surface area contributed by atoms with Crippen molar-refractivity contribution in [1.29, 1.82) is 0 Å². The van der Waals surface area contributed by atoms with Crippen molar-refractivity contribution < 1.29 is 33.8 Å². The van der Waals surface area contributed by atoms with Crippen molar-refractivity contribution >= 4 is 52.3 Å². The maximum Gasteiger partial charge on any atom is 0.435 e. The lowest BCUT2D eigenvalue weighted by Crippen LogP contribution is -2.34. The van der Waals surface area contributed by atoms with Crippen molar-refractivity contribution in [3.8, 4) is 0 Å². The highest BCUT2D eigenvalue weighted by atomic mass is 16.5. The summed E-state index contributed by atoms with van der Waals surface area (Å²) < 4.78 is 12.1. The van der Waals surface area contributed by atoms with Crippen LogP contribution in [0.1, 0.15) is 74.6 Å². The van der Waals surface area contributed by atoms with Crippen molar-refractivity contribution in [2.45, 2.75) is 59.4 Å². The van der Waals surface area contributed by atoms with Crippen LogP contribution in [0.5, 0.6) is 0 Å². The number of anilines is 2. The van der Waals surface area contributed by atoms with Crippen LogP contribution in [0.4, 0.5) is 16.3 Å². The van der Waals surface area contributed by atoms with Crippen LogP contribution in [0.3, 0.4) is 0 Å². The minimum Gasteiger partial charge on any atom is -0.481 e. The number of carbonyl (C=O) groups excluding carboxylic acids is 3. The topological polar surface area (TPSA) is 191 Å². The Bertz CT molecular complexity index is 1750. The third-order valence-corrected chi connectivity index (χ3v) is 7.30. The summed E-state index contributed by atoms with van der Waals surface area (Å²) in [6.07, 6.45) is 4.99. The van der Waals surface area contributed by atoms with Gasteiger partial charge in [-0.25, -0.2) is 14.8 Å². The van der Waals surface area contributed by atoms with Gasteiger partial charge in [0.05, 0.1) is 37.2 Å². The standard InChI is InChI=1S/C34H41N7O5.C2H4O2/c1-4-6-7-10-21-46-34(44)39-32(35)24-12-15-26(16-13-24)37-23-30-38-27-22-25(14-17-28(27)40(30)3)33(43)41(20-18-31(42)45-5-2)29-11-8-9-19-36-29;1-2(3)4/h8-9,11-17,19,22,37H,4-7,10,18,20-21,23H2,1-3H3,(H2,35,39,44);1H3,(H,3,4). The molecule has 0 saturated carbocycles. The molecule has 0 radical (unpaired) electrons. The second-order valence-electron chi connectivity index (χ2n) is 11.1. The Morgan fingerprint density at radius 1 is 0.980 bits per heavy atom. The number of aliphatic carboxylic acids is 1. The fourth-order valence-corrected chi connectivity index (χ4v) is 4.79. The first-order valence-electron chi connectivity index (χ1n) is 16.4. The predicted octanol–water partition coefficient (Wildman–Crippen LogP) is 5.69. The molecule has 2 heterocycles. The number of carbonyl (C=O) groups is 4. The number of fused-ring (bicyclic) bond motifs is 1. The second-order valence-corrected chi connectivity index (χ2v) is 11.1. The number of ether oxygens (including phenoxy) is 2. The number of esters is 1. The van der Waals surface area contributed by atoms with Crippen molar-refractivity contribution in [3.63, 3.8) is 0 Å². The van der Waals surface area contributed by atoms with Gasteiger partial charge in [-0.1, -0.05) is 32.3 Å². The van der Waals surface area contributed by atoms with Crippen molar-refractivity contribution in [2.75, 3.05) is 30.0 Å². The molecule has 4 N–H and O–H groups in total. The molecule has 2 aromatic carbocycles. The minimum atomic E-state index is -0.833. The second kappa shape index (κ2) is 19.9. The number of rotatable bonds is 15. The molecule has 4 rings (SSSR count). The van der Waals surface area contributed by atoms with Crippen LogP contribution in [0.15, 0.2) is 71.9 Å². The smallest absolute Gasteiger partial charge is 0.435 e. The highest BCUT2D eigenvalue weighted by molar-refractivity contribution is 6.07. The lowest BCUT2D eigenvalue weighted by Gasteiger charge is -2.21. The van der Waals surface area contributed by atoms with Gasteiger partial charge < -0.3 is 30.2 Å². The van der Waals surface area contributed by atoms with E-state index in [0.29, 0.717) is 35.6 Å². The van der Waals surface area contributed by atoms with E-state index in [9.17, 15) is 14.4 Å². The SMILES string of the molecule is CC(=O)O.CCCCCCOC(=O)/N=C(/N)c1ccc(NCc2nc3cc(C(=O)N(CCC(=O)OCC)c4ccccn4)ccc3n2C)cc1. The molecule has 2 aromatic heterocycles. The molecule has 0 fully saturated rings. The van der Waals surface area contributed by atoms with E-state index >= 15 is 0 Å². The number of nitrogens with one attached hydrogen (secondary N) is 1. The Morgan fingerprint density at radius 3 is 2.36 bits per heavy atom. The number of hydrogen-bond acceptors (Lipinski definition) is 9. The molecule has 0 bridgehead atoms. The number of pyridine rings is 1. The zero-order valence-electron chi connectivity index (χ0n) is 28.9. The average molecular weight is 688 g/mol. The first-order valence-corrected chi connectivity index (χ1v) is 16.4. The highest BCUT2D eigenvalue weighted by Gasteiger charge is 2.21. The van der Waals surface area contributed by atoms with Crippen molar-refractivity contribution in [2.24, 2.45) is 17.8 Å². The Morgan fingerprint density at radius 2 is 1.70 bits per heavy atom. The number of aryl methyl sites for hydroxylation is 1. The van der Waals surface area contributed by atoms with Crippen molar-refractivity contribution in [1.82, 2.24) is 14.5 Å². The zero-order valence-corrected chi connectivity index (χ0v) is 28.9. The number of aliphatic imine (C=N–C) groups is 1. The summed E-state index contributed by atoms with van der Waals surface area (Å²) in [6.45, 7) is 6.10. The maximum atomic E-state index is 13.6. The van der Waals surface area contributed by atoms with Gasteiger partial charge in [-0.15, -0.1) is 0 Å². The maximum absolute atomic E-state index is 13.6. The minimum absolute atomic E-state index is 0.0455. The Labute approximate surface area is 291 Å². The number of aromatic nitrogens is 3. The third kappa shape index (κ3) is 12.0. The number of carboxylic acid groups (broad SMARTS) is 1. The van der Waals surface area contributed by atoms with E-state index in [0.717, 1.165) is 49.6 Å². The molecule has 0 aliphatic rings. The lowest BCUT2D eigenvalue weighted by atomic mass is 10.1. The number of nitrogens with zero attached hydrogens (tertiary/aromatic N) is 5. The zero-order chi connectivity index (χ0) is 36.5. The molecule has 0 spiro atoms. The van der Waals surface area contributed by atoms with E-state index in [4.69, 9.17) is 30.1 Å². The van der Waals surface area contributed by atoms with Crippen LogP contribution in [0.25, 0.3) is 11.0 Å². The third-order valence-electron chi connectivity index (χ3n) is 7.30. The Balaban J connectivity index is 0.00000160. The molecule has 0 atom stereocenters. The summed E-state index contributed by atoms with van der Waals surface area (Å²) >= 11 is 0. The fraction of sp³-hybridized carbons (Fsp3) is 0.361. The number of amides is 2. The van der Waals surface area contributed by atoms with Gasteiger partial charge in [0.15, 0.2) is 0 Å². The van der Waals surface area contributed by atoms with Crippen LogP contribution in [-0.4, -0.2) is 69.2 Å². The van der Waals surface area contributed by atoms with Crippen LogP contribution in [0, 0.1) is 0 Å². The predicted molar refractivity (Wildman–Crippen MR) is 191 cm³/mol. The molecule has 2 amide bonds. The number of hydrogen-bond donors (Lipinski definition) is 3. The Hall–Kier alpha value is -5.79. The molecule has 14 heteroatoms. The van der Waals surface area contributed by atoms with E-state index in [1.807, 2.05) is 29.8 Å². The first kappa shape index (κ1) is 38.7. The first-order chi connectivity index (χ1) is 24.0. The number of nitrogens with two attached hydrogens (primary N) is 1. The van der Waals surface area contributed by atoms with Crippen LogP contribution in [-0.2, 0) is 32.7 Å². The van der Waals surface area contributed by atoms with E-state index in [2.05, 4.69) is 22.2 Å². The summed E-state index contributed by atoms with van der Waals surface area (Å²) in [7, 11) is 1.91. The monoisotopic (exact) mass is 687 g/mol. The van der Waals surface area contributed by atoms with Gasteiger partial charge in [-0.2, -0.15) is 4.99 Å². The van der Waals surface area contributed by atoms with Gasteiger partial charge in [0.2, 0.25) is 0 Å². The van der Waals surface area contributed by atoms with Crippen LogP contribution < -0.4 is 16.0 Å².